The molecule has 2 aromatic carbocycles. The molecule has 2 aromatic rings. The van der Waals surface area contributed by atoms with E-state index in [2.05, 4.69) is 0 Å². The summed E-state index contributed by atoms with van der Waals surface area (Å²) in [6.45, 7) is 7.67. The Morgan fingerprint density at radius 2 is 1.92 bits per heavy atom. The Balaban J connectivity index is 0.00000100. The molecule has 1 aliphatic rings. The minimum absolute atomic E-state index is 0.144. The summed E-state index contributed by atoms with van der Waals surface area (Å²) in [5.41, 5.74) is -0.386. The van der Waals surface area contributed by atoms with Gasteiger partial charge in [-0.25, -0.2) is 4.79 Å². The zero-order chi connectivity index (χ0) is 17.9. The third-order valence-electron chi connectivity index (χ3n) is 3.56. The SMILES string of the molecule is CC.[B]C1(C)C=Cc2c(O)c(C(=O)OCC)c3ccccc3c2O1. The van der Waals surface area contributed by atoms with Gasteiger partial charge in [-0.15, -0.1) is 0 Å². The maximum absolute atomic E-state index is 12.2. The van der Waals surface area contributed by atoms with E-state index in [1.165, 1.54) is 0 Å². The van der Waals surface area contributed by atoms with Crippen LogP contribution in [0.2, 0.25) is 0 Å². The van der Waals surface area contributed by atoms with Gasteiger partial charge in [0, 0.05) is 10.8 Å². The van der Waals surface area contributed by atoms with Crippen LogP contribution in [0, 0.1) is 0 Å². The number of ether oxygens (including phenoxy) is 2. The molecular formula is C19H21BO4. The summed E-state index contributed by atoms with van der Waals surface area (Å²) in [4.78, 5) is 12.2. The van der Waals surface area contributed by atoms with Crippen LogP contribution in [0.4, 0.5) is 0 Å². The van der Waals surface area contributed by atoms with Gasteiger partial charge < -0.3 is 14.6 Å². The van der Waals surface area contributed by atoms with Gasteiger partial charge >= 0.3 is 5.97 Å². The zero-order valence-electron chi connectivity index (χ0n) is 14.4. The highest BCUT2D eigenvalue weighted by Gasteiger charge is 2.29. The first-order valence-corrected chi connectivity index (χ1v) is 8.06. The number of aromatic hydroxyl groups is 1. The smallest absolute Gasteiger partial charge is 0.342 e. The van der Waals surface area contributed by atoms with Gasteiger partial charge in [-0.05, 0) is 19.9 Å². The molecule has 3 rings (SSSR count). The predicted octanol–water partition coefficient (Wildman–Crippen LogP) is 4.04. The van der Waals surface area contributed by atoms with Crippen LogP contribution in [0.25, 0.3) is 16.8 Å². The molecule has 1 atom stereocenters. The van der Waals surface area contributed by atoms with Gasteiger partial charge in [-0.1, -0.05) is 44.2 Å². The summed E-state index contributed by atoms with van der Waals surface area (Å²) >= 11 is 0. The zero-order valence-corrected chi connectivity index (χ0v) is 14.4. The van der Waals surface area contributed by atoms with E-state index in [9.17, 15) is 9.90 Å². The van der Waals surface area contributed by atoms with E-state index in [0.717, 1.165) is 0 Å². The number of esters is 1. The molecule has 0 spiro atoms. The van der Waals surface area contributed by atoms with Crippen molar-refractivity contribution in [3.8, 4) is 11.5 Å². The number of fused-ring (bicyclic) bond motifs is 3. The molecule has 0 saturated carbocycles. The molecule has 0 saturated heterocycles. The van der Waals surface area contributed by atoms with Gasteiger partial charge in [-0.2, -0.15) is 0 Å². The molecule has 0 fully saturated rings. The number of rotatable bonds is 2. The van der Waals surface area contributed by atoms with Crippen molar-refractivity contribution in [2.75, 3.05) is 6.61 Å². The molecule has 1 N–H and O–H groups in total. The van der Waals surface area contributed by atoms with Crippen molar-refractivity contribution in [3.05, 3.63) is 41.5 Å². The summed E-state index contributed by atoms with van der Waals surface area (Å²) in [6.07, 6.45) is 3.31. The van der Waals surface area contributed by atoms with E-state index in [1.807, 2.05) is 26.0 Å². The van der Waals surface area contributed by atoms with Crippen molar-refractivity contribution in [1.29, 1.82) is 0 Å². The van der Waals surface area contributed by atoms with Crippen LogP contribution in [-0.2, 0) is 4.74 Å². The highest BCUT2D eigenvalue weighted by atomic mass is 16.5. The van der Waals surface area contributed by atoms with Crippen molar-refractivity contribution in [2.24, 2.45) is 0 Å². The number of carbonyl (C=O) groups is 1. The first-order valence-electron chi connectivity index (χ1n) is 8.06. The van der Waals surface area contributed by atoms with E-state index < -0.39 is 11.5 Å². The summed E-state index contributed by atoms with van der Waals surface area (Å²) in [6, 6.07) is 7.20. The third-order valence-corrected chi connectivity index (χ3v) is 3.56. The van der Waals surface area contributed by atoms with E-state index >= 15 is 0 Å². The molecule has 0 aliphatic carbocycles. The van der Waals surface area contributed by atoms with Crippen molar-refractivity contribution in [1.82, 2.24) is 0 Å². The maximum Gasteiger partial charge on any atom is 0.342 e. The van der Waals surface area contributed by atoms with Crippen molar-refractivity contribution >= 4 is 30.7 Å². The standard InChI is InChI=1S/C17H15BO4.C2H6/c1-3-21-16(20)13-10-6-4-5-7-11(10)15-12(14(13)19)8-9-17(2,18)22-15;1-2/h4-9,19H,3H2,1-2H3;1-2H3. The molecule has 0 amide bonds. The second kappa shape index (κ2) is 6.99. The lowest BCUT2D eigenvalue weighted by atomic mass is 9.80. The summed E-state index contributed by atoms with van der Waals surface area (Å²) < 4.78 is 10.8. The lowest BCUT2D eigenvalue weighted by Gasteiger charge is -2.30. The molecule has 1 unspecified atom stereocenters. The summed E-state index contributed by atoms with van der Waals surface area (Å²) in [5.74, 6) is -0.249. The molecular weight excluding hydrogens is 303 g/mol. The predicted molar refractivity (Wildman–Crippen MR) is 96.7 cm³/mol. The average Bonchev–Trinajstić information content (AvgIpc) is 2.56. The largest absolute Gasteiger partial charge is 0.506 e. The van der Waals surface area contributed by atoms with Crippen LogP contribution in [0.5, 0.6) is 11.5 Å². The third kappa shape index (κ3) is 3.11. The number of carbonyl (C=O) groups excluding carboxylic acids is 1. The Kier molecular flexibility index (Phi) is 5.22. The Labute approximate surface area is 143 Å². The fourth-order valence-corrected chi connectivity index (χ4v) is 2.59. The number of hydrogen-bond acceptors (Lipinski definition) is 4. The normalized spacial score (nSPS) is 18.2. The van der Waals surface area contributed by atoms with E-state index in [0.29, 0.717) is 22.1 Å². The monoisotopic (exact) mass is 324 g/mol. The Bertz CT molecular complexity index is 794. The van der Waals surface area contributed by atoms with Crippen LogP contribution >= 0.6 is 0 Å². The van der Waals surface area contributed by atoms with Gasteiger partial charge in [0.15, 0.2) is 0 Å². The second-order valence-corrected chi connectivity index (χ2v) is 5.35. The van der Waals surface area contributed by atoms with Crippen LogP contribution in [-0.4, -0.2) is 31.0 Å². The van der Waals surface area contributed by atoms with E-state index in [4.69, 9.17) is 17.3 Å². The van der Waals surface area contributed by atoms with Gasteiger partial charge in [0.05, 0.1) is 17.7 Å². The first-order chi connectivity index (χ1) is 11.4. The van der Waals surface area contributed by atoms with Crippen LogP contribution in [0.3, 0.4) is 0 Å². The number of phenols is 1. The molecule has 5 heteroatoms. The molecule has 0 aromatic heterocycles. The van der Waals surface area contributed by atoms with E-state index in [-0.39, 0.29) is 17.9 Å². The number of benzene rings is 2. The van der Waals surface area contributed by atoms with Crippen molar-refractivity contribution < 1.29 is 19.4 Å². The minimum Gasteiger partial charge on any atom is -0.506 e. The molecule has 0 bridgehead atoms. The molecule has 124 valence electrons. The highest BCUT2D eigenvalue weighted by molar-refractivity contribution is 6.17. The maximum atomic E-state index is 12.2. The molecule has 2 radical (unpaired) electrons. The minimum atomic E-state index is -0.965. The number of hydrogen-bond donors (Lipinski definition) is 1. The summed E-state index contributed by atoms with van der Waals surface area (Å²) in [5, 5.41) is 11.8. The number of phenolic OH excluding ortho intramolecular Hbond substituents is 1. The lowest BCUT2D eigenvalue weighted by Crippen LogP contribution is -2.32. The lowest BCUT2D eigenvalue weighted by molar-refractivity contribution is 0.0525. The molecule has 1 heterocycles. The average molecular weight is 324 g/mol. The molecule has 1 aliphatic heterocycles. The van der Waals surface area contributed by atoms with Gasteiger partial charge in [0.2, 0.25) is 0 Å². The van der Waals surface area contributed by atoms with E-state index in [1.54, 1.807) is 38.1 Å². The van der Waals surface area contributed by atoms with Crippen LogP contribution in [0.1, 0.15) is 43.6 Å². The quantitative estimate of drug-likeness (QED) is 0.669. The Morgan fingerprint density at radius 1 is 1.29 bits per heavy atom. The second-order valence-electron chi connectivity index (χ2n) is 5.35. The fourth-order valence-electron chi connectivity index (χ4n) is 2.59. The summed E-state index contributed by atoms with van der Waals surface area (Å²) in [7, 11) is 6.00. The van der Waals surface area contributed by atoms with Gasteiger partial charge in [0.1, 0.15) is 24.9 Å². The highest BCUT2D eigenvalue weighted by Crippen LogP contribution is 2.44. The first kappa shape index (κ1) is 17.9. The topological polar surface area (TPSA) is 55.8 Å². The van der Waals surface area contributed by atoms with Crippen LogP contribution < -0.4 is 4.74 Å². The Morgan fingerprint density at radius 3 is 2.54 bits per heavy atom. The molecule has 24 heavy (non-hydrogen) atoms. The Hall–Kier alpha value is -2.43. The van der Waals surface area contributed by atoms with Crippen LogP contribution in [0.15, 0.2) is 30.3 Å². The molecule has 4 nitrogen and oxygen atoms in total. The fraction of sp³-hybridized carbons (Fsp3) is 0.316. The van der Waals surface area contributed by atoms with Crippen molar-refractivity contribution in [2.45, 2.75) is 33.2 Å². The van der Waals surface area contributed by atoms with Crippen molar-refractivity contribution in [3.63, 3.8) is 0 Å². The van der Waals surface area contributed by atoms with Gasteiger partial charge in [-0.3, -0.25) is 0 Å². The van der Waals surface area contributed by atoms with Gasteiger partial charge in [0.25, 0.3) is 0 Å².